The number of nitrogens with zero attached hydrogens (tertiary/aromatic N) is 2. The first kappa shape index (κ1) is 16.9. The molecule has 0 aromatic carbocycles. The van der Waals surface area contributed by atoms with E-state index in [9.17, 15) is 18.0 Å². The van der Waals surface area contributed by atoms with Gasteiger partial charge >= 0.3 is 6.18 Å². The molecule has 0 spiro atoms. The van der Waals surface area contributed by atoms with Crippen molar-refractivity contribution in [1.29, 1.82) is 0 Å². The molecule has 2 heterocycles. The number of carbonyl (C=O) groups is 1. The summed E-state index contributed by atoms with van der Waals surface area (Å²) in [6.45, 7) is -1.43. The second kappa shape index (κ2) is 7.73. The van der Waals surface area contributed by atoms with Gasteiger partial charge in [0.1, 0.15) is 5.01 Å². The summed E-state index contributed by atoms with van der Waals surface area (Å²) in [6, 6.07) is 3.08. The van der Waals surface area contributed by atoms with Gasteiger partial charge in [-0.15, -0.1) is 11.3 Å². The number of hydrogen-bond donors (Lipinski definition) is 1. The van der Waals surface area contributed by atoms with Crippen LogP contribution in [0.15, 0.2) is 36.0 Å². The lowest BCUT2D eigenvalue weighted by Crippen LogP contribution is -2.23. The summed E-state index contributed by atoms with van der Waals surface area (Å²) in [7, 11) is 0. The predicted molar refractivity (Wildman–Crippen MR) is 78.8 cm³/mol. The molecule has 0 aliphatic heterocycles. The number of ether oxygens (including phenoxy) is 1. The van der Waals surface area contributed by atoms with Gasteiger partial charge < -0.3 is 10.1 Å². The lowest BCUT2D eigenvalue weighted by atomic mass is 10.2. The molecule has 0 saturated heterocycles. The summed E-state index contributed by atoms with van der Waals surface area (Å²) in [5.74, 6) is -0.556. The van der Waals surface area contributed by atoms with Crippen LogP contribution in [0, 0.1) is 0 Å². The SMILES string of the molecule is O=C(C=Cc1nccs1)NCc1cccnc1OCC(F)(F)F. The molecule has 23 heavy (non-hydrogen) atoms. The highest BCUT2D eigenvalue weighted by Crippen LogP contribution is 2.19. The predicted octanol–water partition coefficient (Wildman–Crippen LogP) is 2.81. The molecule has 2 aromatic heterocycles. The van der Waals surface area contributed by atoms with Gasteiger partial charge in [-0.25, -0.2) is 9.97 Å². The van der Waals surface area contributed by atoms with Crippen LogP contribution < -0.4 is 10.1 Å². The van der Waals surface area contributed by atoms with Crippen molar-refractivity contribution in [2.24, 2.45) is 0 Å². The van der Waals surface area contributed by atoms with E-state index in [1.54, 1.807) is 23.7 Å². The second-order valence-corrected chi connectivity index (χ2v) is 5.22. The Morgan fingerprint density at radius 1 is 1.35 bits per heavy atom. The van der Waals surface area contributed by atoms with E-state index in [0.29, 0.717) is 10.6 Å². The molecule has 5 nitrogen and oxygen atoms in total. The number of nitrogens with one attached hydrogen (secondary N) is 1. The maximum atomic E-state index is 12.2. The van der Waals surface area contributed by atoms with Gasteiger partial charge in [-0.1, -0.05) is 6.07 Å². The van der Waals surface area contributed by atoms with Crippen molar-refractivity contribution in [3.8, 4) is 5.88 Å². The van der Waals surface area contributed by atoms with Crippen LogP contribution >= 0.6 is 11.3 Å². The maximum Gasteiger partial charge on any atom is 0.422 e. The van der Waals surface area contributed by atoms with Crippen LogP contribution in [0.2, 0.25) is 0 Å². The van der Waals surface area contributed by atoms with E-state index >= 15 is 0 Å². The molecule has 0 radical (unpaired) electrons. The van der Waals surface area contributed by atoms with Gasteiger partial charge in [-0.2, -0.15) is 13.2 Å². The number of aromatic nitrogens is 2. The van der Waals surface area contributed by atoms with Crippen molar-refractivity contribution >= 4 is 23.3 Å². The van der Waals surface area contributed by atoms with Crippen molar-refractivity contribution in [3.63, 3.8) is 0 Å². The van der Waals surface area contributed by atoms with Crippen molar-refractivity contribution in [1.82, 2.24) is 15.3 Å². The number of rotatable bonds is 6. The van der Waals surface area contributed by atoms with E-state index in [0.717, 1.165) is 0 Å². The molecule has 2 aromatic rings. The van der Waals surface area contributed by atoms with Crippen LogP contribution in [0.3, 0.4) is 0 Å². The smallest absolute Gasteiger partial charge is 0.422 e. The molecule has 0 bridgehead atoms. The molecular formula is C14H12F3N3O2S. The third kappa shape index (κ3) is 6.07. The molecule has 122 valence electrons. The minimum absolute atomic E-state index is 0.00206. The average molecular weight is 343 g/mol. The van der Waals surface area contributed by atoms with E-state index < -0.39 is 18.7 Å². The third-order valence-corrected chi connectivity index (χ3v) is 3.25. The lowest BCUT2D eigenvalue weighted by Gasteiger charge is -2.12. The lowest BCUT2D eigenvalue weighted by molar-refractivity contribution is -0.154. The van der Waals surface area contributed by atoms with Crippen LogP contribution in [0.4, 0.5) is 13.2 Å². The zero-order valence-electron chi connectivity index (χ0n) is 11.7. The quantitative estimate of drug-likeness (QED) is 0.819. The van der Waals surface area contributed by atoms with Gasteiger partial charge in [0.15, 0.2) is 6.61 Å². The minimum atomic E-state index is -4.45. The Kier molecular flexibility index (Phi) is 5.69. The standard InChI is InChI=1S/C14H12F3N3O2S/c15-14(16,17)9-22-13-10(2-1-5-19-13)8-20-11(21)3-4-12-18-6-7-23-12/h1-7H,8-9H2,(H,20,21). The second-order valence-electron chi connectivity index (χ2n) is 4.29. The Labute approximate surface area is 133 Å². The summed E-state index contributed by atoms with van der Waals surface area (Å²) in [5.41, 5.74) is 0.354. The van der Waals surface area contributed by atoms with E-state index in [-0.39, 0.29) is 12.4 Å². The van der Waals surface area contributed by atoms with E-state index in [4.69, 9.17) is 0 Å². The van der Waals surface area contributed by atoms with Crippen LogP contribution in [-0.2, 0) is 11.3 Å². The number of alkyl halides is 3. The Morgan fingerprint density at radius 2 is 2.17 bits per heavy atom. The number of thiazole rings is 1. The molecule has 9 heteroatoms. The van der Waals surface area contributed by atoms with Crippen LogP contribution in [0.1, 0.15) is 10.6 Å². The number of amides is 1. The fraction of sp³-hybridized carbons (Fsp3) is 0.214. The van der Waals surface area contributed by atoms with Crippen LogP contribution in [0.25, 0.3) is 6.08 Å². The van der Waals surface area contributed by atoms with E-state index in [1.807, 2.05) is 0 Å². The minimum Gasteiger partial charge on any atom is -0.468 e. The van der Waals surface area contributed by atoms with E-state index in [2.05, 4.69) is 20.0 Å². The van der Waals surface area contributed by atoms with Crippen LogP contribution in [0.5, 0.6) is 5.88 Å². The Morgan fingerprint density at radius 3 is 2.87 bits per heavy atom. The monoisotopic (exact) mass is 343 g/mol. The first-order valence-electron chi connectivity index (χ1n) is 6.43. The highest BCUT2D eigenvalue weighted by molar-refractivity contribution is 7.10. The van der Waals surface area contributed by atoms with Gasteiger partial charge in [0.05, 0.1) is 0 Å². The molecule has 0 unspecified atom stereocenters. The topological polar surface area (TPSA) is 64.1 Å². The molecular weight excluding hydrogens is 331 g/mol. The van der Waals surface area contributed by atoms with Gasteiger partial charge in [-0.3, -0.25) is 4.79 Å². The molecule has 1 N–H and O–H groups in total. The summed E-state index contributed by atoms with van der Waals surface area (Å²) in [6.07, 6.45) is 1.33. The Balaban J connectivity index is 1.91. The van der Waals surface area contributed by atoms with Gasteiger partial charge in [0.25, 0.3) is 0 Å². The highest BCUT2D eigenvalue weighted by atomic mass is 32.1. The molecule has 1 amide bonds. The maximum absolute atomic E-state index is 12.2. The first-order chi connectivity index (χ1) is 10.9. The molecule has 0 aliphatic rings. The van der Waals surface area contributed by atoms with Gasteiger partial charge in [0, 0.05) is 36.0 Å². The molecule has 0 fully saturated rings. The number of hydrogen-bond acceptors (Lipinski definition) is 5. The Hall–Kier alpha value is -2.42. The fourth-order valence-corrected chi connectivity index (χ4v) is 2.07. The van der Waals surface area contributed by atoms with Crippen molar-refractivity contribution in [2.75, 3.05) is 6.61 Å². The molecule has 0 aliphatic carbocycles. The number of pyridine rings is 1. The zero-order chi connectivity index (χ0) is 16.7. The number of carbonyl (C=O) groups excluding carboxylic acids is 1. The molecule has 0 atom stereocenters. The average Bonchev–Trinajstić information content (AvgIpc) is 3.02. The third-order valence-electron chi connectivity index (χ3n) is 2.50. The Bertz CT molecular complexity index is 672. The largest absolute Gasteiger partial charge is 0.468 e. The molecule has 0 saturated carbocycles. The molecule has 2 rings (SSSR count). The normalized spacial score (nSPS) is 11.6. The highest BCUT2D eigenvalue weighted by Gasteiger charge is 2.29. The van der Waals surface area contributed by atoms with Crippen molar-refractivity contribution in [2.45, 2.75) is 12.7 Å². The summed E-state index contributed by atoms with van der Waals surface area (Å²) in [5, 5.41) is 5.00. The van der Waals surface area contributed by atoms with Gasteiger partial charge in [0.2, 0.25) is 11.8 Å². The fourth-order valence-electron chi connectivity index (χ4n) is 1.54. The number of halogens is 3. The zero-order valence-corrected chi connectivity index (χ0v) is 12.5. The van der Waals surface area contributed by atoms with E-state index in [1.165, 1.54) is 29.7 Å². The summed E-state index contributed by atoms with van der Waals surface area (Å²) < 4.78 is 41.2. The van der Waals surface area contributed by atoms with Crippen LogP contribution in [-0.4, -0.2) is 28.7 Å². The summed E-state index contributed by atoms with van der Waals surface area (Å²) in [4.78, 5) is 19.4. The van der Waals surface area contributed by atoms with Crippen molar-refractivity contribution < 1.29 is 22.7 Å². The van der Waals surface area contributed by atoms with Gasteiger partial charge in [-0.05, 0) is 12.1 Å². The first-order valence-corrected chi connectivity index (χ1v) is 7.31. The summed E-state index contributed by atoms with van der Waals surface area (Å²) >= 11 is 1.38. The van der Waals surface area contributed by atoms with Crippen molar-refractivity contribution in [3.05, 3.63) is 46.6 Å².